The third-order valence-corrected chi connectivity index (χ3v) is 3.53. The Morgan fingerprint density at radius 1 is 1.58 bits per heavy atom. The maximum atomic E-state index is 10.8. The minimum Gasteiger partial charge on any atom is -0.481 e. The normalized spacial score (nSPS) is 16.7. The summed E-state index contributed by atoms with van der Waals surface area (Å²) in [5.74, 6) is 0.349. The molecular formula is C14H17N3O2. The molecule has 0 radical (unpaired) electrons. The van der Waals surface area contributed by atoms with Gasteiger partial charge in [-0.15, -0.1) is 0 Å². The van der Waals surface area contributed by atoms with Crippen LogP contribution in [0.5, 0.6) is 0 Å². The highest BCUT2D eigenvalue weighted by Gasteiger charge is 2.28. The van der Waals surface area contributed by atoms with Gasteiger partial charge in [0.25, 0.3) is 0 Å². The fourth-order valence-corrected chi connectivity index (χ4v) is 2.57. The Morgan fingerprint density at radius 2 is 2.37 bits per heavy atom. The lowest BCUT2D eigenvalue weighted by atomic mass is 10.0. The second-order valence-corrected chi connectivity index (χ2v) is 5.40. The van der Waals surface area contributed by atoms with E-state index in [0.717, 1.165) is 16.9 Å². The summed E-state index contributed by atoms with van der Waals surface area (Å²) in [4.78, 5) is 19.5. The van der Waals surface area contributed by atoms with Crippen molar-refractivity contribution in [3.8, 4) is 0 Å². The van der Waals surface area contributed by atoms with Gasteiger partial charge in [-0.05, 0) is 24.8 Å². The van der Waals surface area contributed by atoms with Gasteiger partial charge >= 0.3 is 5.97 Å². The maximum absolute atomic E-state index is 10.8. The number of rotatable bonds is 5. The van der Waals surface area contributed by atoms with Crippen LogP contribution in [0.1, 0.15) is 38.1 Å². The number of aromatic nitrogens is 3. The van der Waals surface area contributed by atoms with Crippen LogP contribution >= 0.6 is 0 Å². The molecular weight excluding hydrogens is 242 g/mol. The number of carboxylic acids is 1. The lowest BCUT2D eigenvalue weighted by Gasteiger charge is -2.11. The first kappa shape index (κ1) is 12.1. The van der Waals surface area contributed by atoms with E-state index in [1.54, 1.807) is 12.4 Å². The first-order valence-electron chi connectivity index (χ1n) is 6.67. The Bertz CT molecular complexity index is 616. The molecule has 1 fully saturated rings. The lowest BCUT2D eigenvalue weighted by molar-refractivity contribution is -0.137. The Kier molecular flexibility index (Phi) is 2.97. The molecule has 2 heterocycles. The number of carboxylic acid groups (broad SMARTS) is 1. The number of carbonyl (C=O) groups is 1. The van der Waals surface area contributed by atoms with Crippen molar-refractivity contribution in [3.63, 3.8) is 0 Å². The SMILES string of the molecule is CC(CC(=O)O)Cc1nc2cnccc2n1C1CC1. The summed E-state index contributed by atoms with van der Waals surface area (Å²) in [6.07, 6.45) is 6.83. The minimum atomic E-state index is -0.747. The van der Waals surface area contributed by atoms with E-state index in [1.807, 2.05) is 13.0 Å². The average molecular weight is 259 g/mol. The zero-order valence-corrected chi connectivity index (χ0v) is 10.9. The molecule has 1 atom stereocenters. The van der Waals surface area contributed by atoms with Gasteiger partial charge in [-0.1, -0.05) is 6.92 Å². The molecule has 1 unspecified atom stereocenters. The number of hydrogen-bond acceptors (Lipinski definition) is 3. The molecule has 1 saturated carbocycles. The fourth-order valence-electron chi connectivity index (χ4n) is 2.57. The van der Waals surface area contributed by atoms with Crippen molar-refractivity contribution >= 4 is 17.0 Å². The van der Waals surface area contributed by atoms with Crippen molar-refractivity contribution < 1.29 is 9.90 Å². The second-order valence-electron chi connectivity index (χ2n) is 5.40. The molecule has 5 heteroatoms. The van der Waals surface area contributed by atoms with E-state index in [4.69, 9.17) is 5.11 Å². The van der Waals surface area contributed by atoms with Crippen LogP contribution in [-0.2, 0) is 11.2 Å². The van der Waals surface area contributed by atoms with Crippen LogP contribution in [0.2, 0.25) is 0 Å². The van der Waals surface area contributed by atoms with Crippen LogP contribution in [0.4, 0.5) is 0 Å². The molecule has 0 bridgehead atoms. The van der Waals surface area contributed by atoms with Crippen molar-refractivity contribution in [2.75, 3.05) is 0 Å². The number of pyridine rings is 1. The van der Waals surface area contributed by atoms with Gasteiger partial charge in [0, 0.05) is 25.1 Å². The zero-order valence-electron chi connectivity index (χ0n) is 10.9. The molecule has 0 amide bonds. The number of imidazole rings is 1. The van der Waals surface area contributed by atoms with Crippen LogP contribution < -0.4 is 0 Å². The van der Waals surface area contributed by atoms with E-state index in [9.17, 15) is 4.79 Å². The summed E-state index contributed by atoms with van der Waals surface area (Å²) < 4.78 is 2.27. The summed E-state index contributed by atoms with van der Waals surface area (Å²) in [5.41, 5.74) is 2.03. The standard InChI is InChI=1S/C14H17N3O2/c1-9(7-14(18)19)6-13-16-11-8-15-5-4-12(11)17(13)10-2-3-10/h4-5,8-10H,2-3,6-7H2,1H3,(H,18,19). The maximum Gasteiger partial charge on any atom is 0.303 e. The van der Waals surface area contributed by atoms with Gasteiger partial charge in [0.2, 0.25) is 0 Å². The highest BCUT2D eigenvalue weighted by Crippen LogP contribution is 2.39. The van der Waals surface area contributed by atoms with E-state index >= 15 is 0 Å². The minimum absolute atomic E-state index is 0.0970. The van der Waals surface area contributed by atoms with Crippen LogP contribution in [0.25, 0.3) is 11.0 Å². The molecule has 1 aliphatic carbocycles. The molecule has 3 rings (SSSR count). The van der Waals surface area contributed by atoms with Gasteiger partial charge in [-0.25, -0.2) is 4.98 Å². The number of aliphatic carboxylic acids is 1. The predicted molar refractivity (Wildman–Crippen MR) is 70.9 cm³/mol. The van der Waals surface area contributed by atoms with Crippen LogP contribution in [0.15, 0.2) is 18.5 Å². The molecule has 19 heavy (non-hydrogen) atoms. The van der Waals surface area contributed by atoms with Gasteiger partial charge in [0.05, 0.1) is 11.7 Å². The first-order valence-corrected chi connectivity index (χ1v) is 6.67. The van der Waals surface area contributed by atoms with Gasteiger partial charge in [0.1, 0.15) is 11.3 Å². The van der Waals surface area contributed by atoms with E-state index in [0.29, 0.717) is 12.5 Å². The zero-order chi connectivity index (χ0) is 13.4. The van der Waals surface area contributed by atoms with Gasteiger partial charge < -0.3 is 9.67 Å². The molecule has 0 saturated heterocycles. The molecule has 2 aromatic heterocycles. The monoisotopic (exact) mass is 259 g/mol. The van der Waals surface area contributed by atoms with E-state index < -0.39 is 5.97 Å². The Labute approximate surface area is 111 Å². The third kappa shape index (κ3) is 2.45. The summed E-state index contributed by atoms with van der Waals surface area (Å²) >= 11 is 0. The Hall–Kier alpha value is -1.91. The highest BCUT2D eigenvalue weighted by atomic mass is 16.4. The Balaban J connectivity index is 1.93. The fraction of sp³-hybridized carbons (Fsp3) is 0.500. The molecule has 5 nitrogen and oxygen atoms in total. The summed E-state index contributed by atoms with van der Waals surface area (Å²) in [6, 6.07) is 2.53. The predicted octanol–water partition coefficient (Wildman–Crippen LogP) is 2.42. The lowest BCUT2D eigenvalue weighted by Crippen LogP contribution is -2.11. The molecule has 0 aromatic carbocycles. The quantitative estimate of drug-likeness (QED) is 0.895. The van der Waals surface area contributed by atoms with Crippen LogP contribution in [0.3, 0.4) is 0 Å². The van der Waals surface area contributed by atoms with Crippen LogP contribution in [0, 0.1) is 5.92 Å². The molecule has 1 aliphatic rings. The van der Waals surface area contributed by atoms with E-state index in [1.165, 1.54) is 12.8 Å². The van der Waals surface area contributed by atoms with E-state index in [-0.39, 0.29) is 12.3 Å². The van der Waals surface area contributed by atoms with Crippen molar-refractivity contribution in [1.29, 1.82) is 0 Å². The highest BCUT2D eigenvalue weighted by molar-refractivity contribution is 5.75. The largest absolute Gasteiger partial charge is 0.481 e. The second kappa shape index (κ2) is 4.64. The van der Waals surface area contributed by atoms with Gasteiger partial charge in [0.15, 0.2) is 0 Å². The van der Waals surface area contributed by atoms with Crippen molar-refractivity contribution in [2.45, 2.75) is 38.6 Å². The molecule has 0 aliphatic heterocycles. The van der Waals surface area contributed by atoms with Gasteiger partial charge in [-0.2, -0.15) is 0 Å². The first-order chi connectivity index (χ1) is 9.15. The van der Waals surface area contributed by atoms with E-state index in [2.05, 4.69) is 14.5 Å². The summed E-state index contributed by atoms with van der Waals surface area (Å²) in [5, 5.41) is 8.86. The van der Waals surface area contributed by atoms with Crippen molar-refractivity contribution in [3.05, 3.63) is 24.3 Å². The molecule has 1 N–H and O–H groups in total. The van der Waals surface area contributed by atoms with Crippen molar-refractivity contribution in [2.24, 2.45) is 5.92 Å². The van der Waals surface area contributed by atoms with Crippen LogP contribution in [-0.4, -0.2) is 25.6 Å². The number of fused-ring (bicyclic) bond motifs is 1. The molecule has 100 valence electrons. The average Bonchev–Trinajstić information content (AvgIpc) is 3.10. The number of hydrogen-bond donors (Lipinski definition) is 1. The Morgan fingerprint density at radius 3 is 3.05 bits per heavy atom. The smallest absolute Gasteiger partial charge is 0.303 e. The number of nitrogens with zero attached hydrogens (tertiary/aromatic N) is 3. The van der Waals surface area contributed by atoms with Gasteiger partial charge in [-0.3, -0.25) is 9.78 Å². The third-order valence-electron chi connectivity index (χ3n) is 3.53. The molecule has 2 aromatic rings. The molecule has 0 spiro atoms. The topological polar surface area (TPSA) is 68.0 Å². The summed E-state index contributed by atoms with van der Waals surface area (Å²) in [6.45, 7) is 1.96. The summed E-state index contributed by atoms with van der Waals surface area (Å²) in [7, 11) is 0. The van der Waals surface area contributed by atoms with Crippen molar-refractivity contribution in [1.82, 2.24) is 14.5 Å².